The molecule has 1 amide bonds. The highest BCUT2D eigenvalue weighted by Gasteiger charge is 2.24. The van der Waals surface area contributed by atoms with Gasteiger partial charge in [0.2, 0.25) is 5.91 Å². The Morgan fingerprint density at radius 2 is 2.00 bits per heavy atom. The van der Waals surface area contributed by atoms with Crippen LogP contribution in [0.2, 0.25) is 0 Å². The van der Waals surface area contributed by atoms with Gasteiger partial charge in [-0.15, -0.1) is 0 Å². The highest BCUT2D eigenvalue weighted by Crippen LogP contribution is 2.36. The minimum Gasteiger partial charge on any atom is -0.496 e. The molecule has 3 aromatic rings. The molecule has 5 heteroatoms. The lowest BCUT2D eigenvalue weighted by atomic mass is 9.97. The number of pyridine rings is 1. The van der Waals surface area contributed by atoms with E-state index < -0.39 is 0 Å². The molecule has 0 radical (unpaired) electrons. The lowest BCUT2D eigenvalue weighted by Crippen LogP contribution is -2.27. The summed E-state index contributed by atoms with van der Waals surface area (Å²) in [5.41, 5.74) is 5.82. The van der Waals surface area contributed by atoms with Crippen molar-refractivity contribution in [2.24, 2.45) is 0 Å². The monoisotopic (exact) mass is 414 g/mol. The molecule has 2 heterocycles. The van der Waals surface area contributed by atoms with E-state index in [-0.39, 0.29) is 11.7 Å². The van der Waals surface area contributed by atoms with Crippen molar-refractivity contribution in [3.63, 3.8) is 0 Å². The number of Topliss-reactive ketones (excluding diaryl/α,β-unsaturated/α-hetero) is 1. The van der Waals surface area contributed by atoms with E-state index in [1.807, 2.05) is 54.3 Å². The van der Waals surface area contributed by atoms with Crippen LogP contribution in [0.25, 0.3) is 11.1 Å². The highest BCUT2D eigenvalue weighted by molar-refractivity contribution is 5.98. The molecule has 5 nitrogen and oxygen atoms in total. The summed E-state index contributed by atoms with van der Waals surface area (Å²) < 4.78 is 5.62. The number of hydrogen-bond donors (Lipinski definition) is 0. The lowest BCUT2D eigenvalue weighted by molar-refractivity contribution is -0.118. The summed E-state index contributed by atoms with van der Waals surface area (Å²) in [6.07, 6.45) is 5.96. The van der Waals surface area contributed by atoms with Crippen molar-refractivity contribution in [3.05, 3.63) is 77.6 Å². The number of aromatic nitrogens is 1. The van der Waals surface area contributed by atoms with E-state index in [0.717, 1.165) is 40.9 Å². The lowest BCUT2D eigenvalue weighted by Gasteiger charge is -2.17. The zero-order valence-corrected chi connectivity index (χ0v) is 17.9. The first kappa shape index (κ1) is 20.8. The van der Waals surface area contributed by atoms with Crippen LogP contribution in [0, 0.1) is 0 Å². The van der Waals surface area contributed by atoms with Crippen LogP contribution in [-0.2, 0) is 17.6 Å². The molecule has 0 bridgehead atoms. The minimum absolute atomic E-state index is 0.0800. The number of carbonyl (C=O) groups is 2. The quantitative estimate of drug-likeness (QED) is 0.518. The molecule has 0 fully saturated rings. The first-order valence-electron chi connectivity index (χ1n) is 10.6. The molecule has 2 aromatic carbocycles. The molecule has 1 aliphatic rings. The second-order valence-electron chi connectivity index (χ2n) is 7.69. The van der Waals surface area contributed by atoms with Crippen LogP contribution in [0.15, 0.2) is 60.9 Å². The number of rotatable bonds is 7. The van der Waals surface area contributed by atoms with Gasteiger partial charge in [0.25, 0.3) is 0 Å². The highest BCUT2D eigenvalue weighted by atomic mass is 16.5. The first-order valence-corrected chi connectivity index (χ1v) is 10.6. The van der Waals surface area contributed by atoms with Crippen LogP contribution < -0.4 is 9.64 Å². The summed E-state index contributed by atoms with van der Waals surface area (Å²) >= 11 is 0. The molecule has 0 saturated heterocycles. The average Bonchev–Trinajstić information content (AvgIpc) is 3.25. The van der Waals surface area contributed by atoms with Gasteiger partial charge in [-0.1, -0.05) is 25.1 Å². The topological polar surface area (TPSA) is 59.5 Å². The van der Waals surface area contributed by atoms with Gasteiger partial charge in [0.15, 0.2) is 5.78 Å². The largest absolute Gasteiger partial charge is 0.496 e. The van der Waals surface area contributed by atoms with Crippen LogP contribution in [-0.4, -0.2) is 30.3 Å². The third-order valence-corrected chi connectivity index (χ3v) is 5.78. The summed E-state index contributed by atoms with van der Waals surface area (Å²) in [7, 11) is 1.62. The third-order valence-electron chi connectivity index (χ3n) is 5.78. The molecule has 0 N–H and O–H groups in total. The Balaban J connectivity index is 1.55. The Labute approximate surface area is 182 Å². The molecule has 0 spiro atoms. The van der Waals surface area contributed by atoms with Gasteiger partial charge in [-0.2, -0.15) is 0 Å². The number of benzene rings is 2. The molecule has 31 heavy (non-hydrogen) atoms. The molecule has 4 rings (SSSR count). The number of aryl methyl sites for hydroxylation is 1. The number of anilines is 1. The third kappa shape index (κ3) is 4.36. The molecule has 158 valence electrons. The SMILES string of the molecule is CCC(=O)N1CCc2cc(-c3ccc(C(=O)CCc4cccnc4)cc3OC)ccc21. The molecular formula is C26H26N2O3. The number of ether oxygens (including phenoxy) is 1. The Morgan fingerprint density at radius 1 is 1.13 bits per heavy atom. The molecule has 0 unspecified atom stereocenters. The van der Waals surface area contributed by atoms with E-state index in [2.05, 4.69) is 11.1 Å². The second kappa shape index (κ2) is 9.13. The maximum Gasteiger partial charge on any atom is 0.226 e. The molecule has 0 aliphatic carbocycles. The van der Waals surface area contributed by atoms with Crippen LogP contribution in [0.4, 0.5) is 5.69 Å². The van der Waals surface area contributed by atoms with Gasteiger partial charge in [0.1, 0.15) is 5.75 Å². The van der Waals surface area contributed by atoms with Gasteiger partial charge in [-0.05, 0) is 59.9 Å². The van der Waals surface area contributed by atoms with Crippen molar-refractivity contribution in [3.8, 4) is 16.9 Å². The van der Waals surface area contributed by atoms with E-state index in [0.29, 0.717) is 30.6 Å². The van der Waals surface area contributed by atoms with Gasteiger partial charge >= 0.3 is 0 Å². The van der Waals surface area contributed by atoms with Crippen molar-refractivity contribution >= 4 is 17.4 Å². The smallest absolute Gasteiger partial charge is 0.226 e. The summed E-state index contributed by atoms with van der Waals surface area (Å²) in [6.45, 7) is 2.62. The molecule has 0 atom stereocenters. The van der Waals surface area contributed by atoms with E-state index in [4.69, 9.17) is 4.74 Å². The fraction of sp³-hybridized carbons (Fsp3) is 0.269. The average molecular weight is 415 g/mol. The number of fused-ring (bicyclic) bond motifs is 1. The predicted molar refractivity (Wildman–Crippen MR) is 122 cm³/mol. The maximum absolute atomic E-state index is 12.7. The Bertz CT molecular complexity index is 1110. The summed E-state index contributed by atoms with van der Waals surface area (Å²) in [6, 6.07) is 15.6. The van der Waals surface area contributed by atoms with Gasteiger partial charge in [0.05, 0.1) is 7.11 Å². The first-order chi connectivity index (χ1) is 15.1. The fourth-order valence-corrected chi connectivity index (χ4v) is 4.07. The Hall–Kier alpha value is -3.47. The van der Waals surface area contributed by atoms with Gasteiger partial charge in [0, 0.05) is 48.6 Å². The zero-order valence-electron chi connectivity index (χ0n) is 17.9. The van der Waals surface area contributed by atoms with Crippen LogP contribution in [0.5, 0.6) is 5.75 Å². The van der Waals surface area contributed by atoms with Crippen molar-refractivity contribution < 1.29 is 14.3 Å². The standard InChI is InChI=1S/C26H26N2O3/c1-3-26(30)28-14-12-20-15-19(8-10-23(20)28)22-9-7-21(16-25(22)31-2)24(29)11-6-18-5-4-13-27-17-18/h4-5,7-10,13,15-17H,3,6,11-12,14H2,1-2H3. The number of ketones is 1. The van der Waals surface area contributed by atoms with Gasteiger partial charge in [-0.25, -0.2) is 0 Å². The predicted octanol–water partition coefficient (Wildman–Crippen LogP) is 4.87. The number of carbonyl (C=O) groups excluding carboxylic acids is 2. The number of amides is 1. The number of hydrogen-bond acceptors (Lipinski definition) is 4. The summed E-state index contributed by atoms with van der Waals surface area (Å²) in [5.74, 6) is 0.904. The van der Waals surface area contributed by atoms with E-state index in [1.165, 1.54) is 0 Å². The second-order valence-corrected chi connectivity index (χ2v) is 7.69. The number of nitrogens with zero attached hydrogens (tertiary/aromatic N) is 2. The van der Waals surface area contributed by atoms with Crippen LogP contribution in [0.1, 0.15) is 41.3 Å². The molecule has 1 aromatic heterocycles. The summed E-state index contributed by atoms with van der Waals surface area (Å²) in [5, 5.41) is 0. The normalized spacial score (nSPS) is 12.5. The maximum atomic E-state index is 12.7. The van der Waals surface area contributed by atoms with Crippen molar-refractivity contribution in [1.82, 2.24) is 4.98 Å². The minimum atomic E-state index is 0.0800. The zero-order chi connectivity index (χ0) is 21.8. The Morgan fingerprint density at radius 3 is 2.74 bits per heavy atom. The van der Waals surface area contributed by atoms with E-state index in [1.54, 1.807) is 19.5 Å². The molecule has 1 aliphatic heterocycles. The van der Waals surface area contributed by atoms with Gasteiger partial charge < -0.3 is 9.64 Å². The van der Waals surface area contributed by atoms with Gasteiger partial charge in [-0.3, -0.25) is 14.6 Å². The van der Waals surface area contributed by atoms with Crippen LogP contribution >= 0.6 is 0 Å². The van der Waals surface area contributed by atoms with E-state index >= 15 is 0 Å². The number of methoxy groups -OCH3 is 1. The molecule has 0 saturated carbocycles. The Kier molecular flexibility index (Phi) is 6.12. The van der Waals surface area contributed by atoms with Crippen LogP contribution in [0.3, 0.4) is 0 Å². The summed E-state index contributed by atoms with van der Waals surface area (Å²) in [4.78, 5) is 30.8. The van der Waals surface area contributed by atoms with Crippen molar-refractivity contribution in [1.29, 1.82) is 0 Å². The molecular weight excluding hydrogens is 388 g/mol. The van der Waals surface area contributed by atoms with E-state index in [9.17, 15) is 9.59 Å². The fourth-order valence-electron chi connectivity index (χ4n) is 4.07. The van der Waals surface area contributed by atoms with Crippen molar-refractivity contribution in [2.45, 2.75) is 32.6 Å². The van der Waals surface area contributed by atoms with Crippen molar-refractivity contribution in [2.75, 3.05) is 18.6 Å².